The van der Waals surface area contributed by atoms with E-state index in [1.807, 2.05) is 56.5 Å². The molecule has 9 nitrogen and oxygen atoms in total. The van der Waals surface area contributed by atoms with E-state index in [1.165, 1.54) is 0 Å². The van der Waals surface area contributed by atoms with Gasteiger partial charge in [-0.2, -0.15) is 0 Å². The molecule has 2 saturated carbocycles. The maximum Gasteiger partial charge on any atom is 0.408 e. The molecule has 1 spiro atoms. The first kappa shape index (κ1) is 28.6. The number of hydrogen-bond donors (Lipinski definition) is 1. The van der Waals surface area contributed by atoms with E-state index >= 15 is 0 Å². The minimum atomic E-state index is -0.919. The molecule has 5 atom stereocenters. The van der Waals surface area contributed by atoms with E-state index in [0.717, 1.165) is 41.9 Å². The molecule has 3 heterocycles. The lowest BCUT2D eigenvalue weighted by Gasteiger charge is -2.35. The normalized spacial score (nSPS) is 28.0. The van der Waals surface area contributed by atoms with Gasteiger partial charge in [0, 0.05) is 29.3 Å². The van der Waals surface area contributed by atoms with E-state index < -0.39 is 29.1 Å². The smallest absolute Gasteiger partial charge is 0.408 e. The summed E-state index contributed by atoms with van der Waals surface area (Å²) in [6.45, 7) is 9.95. The SMILES string of the molecule is C=C[C@@H]1C[C@@]12N=C([C@@H]1C[C@@H](c3csc(-c4ccccc4)n3)CN1C(=O)[C@@H](NC(=O)OC1CCCC1)C(C)(C)C)OC2=O. The van der Waals surface area contributed by atoms with Crippen LogP contribution in [0.1, 0.15) is 70.9 Å². The Labute approximate surface area is 250 Å². The number of ether oxygens (including phenoxy) is 2. The quantitative estimate of drug-likeness (QED) is 0.338. The Kier molecular flexibility index (Phi) is 7.45. The highest BCUT2D eigenvalue weighted by atomic mass is 32.1. The number of alkyl carbamates (subject to hydrolysis) is 1. The van der Waals surface area contributed by atoms with Gasteiger partial charge in [0.05, 0.1) is 5.69 Å². The highest BCUT2D eigenvalue weighted by molar-refractivity contribution is 7.13. The molecule has 222 valence electrons. The molecule has 1 aromatic carbocycles. The number of hydrogen-bond acceptors (Lipinski definition) is 8. The minimum absolute atomic E-state index is 0.0647. The number of likely N-dealkylation sites (tertiary alicyclic amines) is 1. The van der Waals surface area contributed by atoms with Crippen molar-refractivity contribution >= 4 is 35.2 Å². The molecule has 0 radical (unpaired) electrons. The lowest BCUT2D eigenvalue weighted by atomic mass is 9.85. The molecule has 1 aromatic heterocycles. The molecular weight excluding hydrogens is 552 g/mol. The number of carbonyl (C=O) groups is 3. The maximum absolute atomic E-state index is 14.3. The van der Waals surface area contributed by atoms with Crippen LogP contribution >= 0.6 is 11.3 Å². The van der Waals surface area contributed by atoms with Crippen molar-refractivity contribution in [1.29, 1.82) is 0 Å². The molecule has 2 amide bonds. The summed E-state index contributed by atoms with van der Waals surface area (Å²) in [5.74, 6) is -0.535. The van der Waals surface area contributed by atoms with Crippen molar-refractivity contribution in [1.82, 2.24) is 15.2 Å². The fraction of sp³-hybridized carbons (Fsp3) is 0.531. The van der Waals surface area contributed by atoms with Gasteiger partial charge in [-0.15, -0.1) is 17.9 Å². The van der Waals surface area contributed by atoms with Gasteiger partial charge in [-0.3, -0.25) is 4.79 Å². The Bertz CT molecular complexity index is 1410. The molecule has 42 heavy (non-hydrogen) atoms. The average Bonchev–Trinajstić information content (AvgIpc) is 3.51. The van der Waals surface area contributed by atoms with E-state index in [2.05, 4.69) is 11.9 Å². The van der Waals surface area contributed by atoms with Gasteiger partial charge >= 0.3 is 12.1 Å². The fourth-order valence-corrected chi connectivity index (χ4v) is 7.26. The third-order valence-corrected chi connectivity index (χ3v) is 9.82. The van der Waals surface area contributed by atoms with Crippen LogP contribution in [-0.4, -0.2) is 64.0 Å². The van der Waals surface area contributed by atoms with Crippen molar-refractivity contribution in [3.8, 4) is 10.6 Å². The zero-order chi connectivity index (χ0) is 29.6. The lowest BCUT2D eigenvalue weighted by Crippen LogP contribution is -2.57. The van der Waals surface area contributed by atoms with Crippen LogP contribution in [-0.2, 0) is 19.1 Å². The number of amides is 2. The lowest BCUT2D eigenvalue weighted by molar-refractivity contribution is -0.139. The molecule has 1 N–H and O–H groups in total. The van der Waals surface area contributed by atoms with Crippen LogP contribution in [0.4, 0.5) is 4.79 Å². The summed E-state index contributed by atoms with van der Waals surface area (Å²) >= 11 is 1.57. The van der Waals surface area contributed by atoms with Gasteiger partial charge < -0.3 is 19.7 Å². The van der Waals surface area contributed by atoms with Gasteiger partial charge in [-0.1, -0.05) is 57.2 Å². The number of thiazole rings is 1. The summed E-state index contributed by atoms with van der Waals surface area (Å²) in [6, 6.07) is 8.58. The van der Waals surface area contributed by atoms with E-state index in [9.17, 15) is 14.4 Å². The van der Waals surface area contributed by atoms with Crippen molar-refractivity contribution in [3.63, 3.8) is 0 Å². The maximum atomic E-state index is 14.3. The molecule has 0 unspecified atom stereocenters. The summed E-state index contributed by atoms with van der Waals surface area (Å²) in [6.07, 6.45) is 5.87. The van der Waals surface area contributed by atoms with Crippen molar-refractivity contribution in [3.05, 3.63) is 54.1 Å². The fourth-order valence-electron chi connectivity index (χ4n) is 6.35. The van der Waals surface area contributed by atoms with Gasteiger partial charge in [0.2, 0.25) is 11.8 Å². The highest BCUT2D eigenvalue weighted by Crippen LogP contribution is 2.52. The summed E-state index contributed by atoms with van der Waals surface area (Å²) in [5.41, 5.74) is 0.400. The van der Waals surface area contributed by atoms with Crippen LogP contribution in [0.15, 0.2) is 53.4 Å². The van der Waals surface area contributed by atoms with Crippen LogP contribution in [0.2, 0.25) is 0 Å². The van der Waals surface area contributed by atoms with Gasteiger partial charge in [-0.25, -0.2) is 19.6 Å². The summed E-state index contributed by atoms with van der Waals surface area (Å²) < 4.78 is 11.4. The first-order valence-electron chi connectivity index (χ1n) is 14.8. The molecule has 2 aromatic rings. The zero-order valence-corrected chi connectivity index (χ0v) is 25.2. The molecular formula is C32H38N4O5S. The van der Waals surface area contributed by atoms with Crippen LogP contribution in [0.5, 0.6) is 0 Å². The second-order valence-electron chi connectivity index (χ2n) is 12.9. The molecule has 2 aliphatic heterocycles. The molecule has 2 aliphatic carbocycles. The van der Waals surface area contributed by atoms with Gasteiger partial charge in [-0.05, 0) is 43.9 Å². The molecule has 6 rings (SSSR count). The molecule has 0 bridgehead atoms. The third-order valence-electron chi connectivity index (χ3n) is 8.91. The second-order valence-corrected chi connectivity index (χ2v) is 13.8. The van der Waals surface area contributed by atoms with Crippen LogP contribution in [0.25, 0.3) is 10.6 Å². The molecule has 4 aliphatic rings. The summed E-state index contributed by atoms with van der Waals surface area (Å²) in [4.78, 5) is 51.6. The number of rotatable bonds is 7. The Hall–Kier alpha value is -3.53. The van der Waals surface area contributed by atoms with E-state index in [-0.39, 0.29) is 35.7 Å². The standard InChI is InChI=1S/C32H38N4O5S/c1-5-21-16-32(21)29(38)41-26(35-32)24-15-20(23-18-42-27(33-23)19-11-7-6-8-12-19)17-36(24)28(37)25(31(2,3)4)34-30(39)40-22-13-9-10-14-22/h5-8,11-12,18,20-22,24-25H,1,9-10,13-17H2,2-4H3,(H,34,39)/t20-,21-,24+,25-,32-/m1/s1. The number of aromatic nitrogens is 1. The number of esters is 1. The number of cyclic esters (lactones) is 1. The van der Waals surface area contributed by atoms with Gasteiger partial charge in [0.25, 0.3) is 0 Å². The van der Waals surface area contributed by atoms with Gasteiger partial charge in [0.15, 0.2) is 5.54 Å². The number of aliphatic imine (C=N–C) groups is 1. The topological polar surface area (TPSA) is 110 Å². The zero-order valence-electron chi connectivity index (χ0n) is 24.4. The minimum Gasteiger partial charge on any atom is -0.446 e. The van der Waals surface area contributed by atoms with Crippen molar-refractivity contribution in [2.24, 2.45) is 16.3 Å². The second kappa shape index (κ2) is 10.9. The predicted molar refractivity (Wildman–Crippen MR) is 160 cm³/mol. The number of carbonyl (C=O) groups excluding carboxylic acids is 3. The number of benzene rings is 1. The number of nitrogens with zero attached hydrogens (tertiary/aromatic N) is 3. The number of nitrogens with one attached hydrogen (secondary N) is 1. The van der Waals surface area contributed by atoms with Crippen molar-refractivity contribution in [2.75, 3.05) is 6.54 Å². The summed E-state index contributed by atoms with van der Waals surface area (Å²) in [7, 11) is 0. The molecule has 10 heteroatoms. The van der Waals surface area contributed by atoms with Crippen LogP contribution in [0.3, 0.4) is 0 Å². The monoisotopic (exact) mass is 590 g/mol. The van der Waals surface area contributed by atoms with Crippen LogP contribution < -0.4 is 5.32 Å². The Morgan fingerprint density at radius 3 is 2.64 bits per heavy atom. The van der Waals surface area contributed by atoms with E-state index in [0.29, 0.717) is 19.4 Å². The predicted octanol–water partition coefficient (Wildman–Crippen LogP) is 5.48. The Morgan fingerprint density at radius 1 is 1.24 bits per heavy atom. The largest absolute Gasteiger partial charge is 0.446 e. The van der Waals surface area contributed by atoms with Crippen LogP contribution in [0, 0.1) is 11.3 Å². The highest BCUT2D eigenvalue weighted by Gasteiger charge is 2.65. The molecule has 3 fully saturated rings. The first-order valence-corrected chi connectivity index (χ1v) is 15.7. The average molecular weight is 591 g/mol. The first-order chi connectivity index (χ1) is 20.1. The Balaban J connectivity index is 1.28. The van der Waals surface area contributed by atoms with Crippen molar-refractivity contribution in [2.45, 2.75) is 88.9 Å². The third kappa shape index (κ3) is 5.37. The van der Waals surface area contributed by atoms with E-state index in [4.69, 9.17) is 19.5 Å². The molecule has 1 saturated heterocycles. The van der Waals surface area contributed by atoms with Crippen molar-refractivity contribution < 1.29 is 23.9 Å². The van der Waals surface area contributed by atoms with Gasteiger partial charge in [0.1, 0.15) is 23.2 Å². The summed E-state index contributed by atoms with van der Waals surface area (Å²) in [5, 5.41) is 5.82. The van der Waals surface area contributed by atoms with E-state index in [1.54, 1.807) is 22.3 Å². The Morgan fingerprint density at radius 2 is 1.98 bits per heavy atom.